The Morgan fingerprint density at radius 3 is 2.62 bits per heavy atom. The summed E-state index contributed by atoms with van der Waals surface area (Å²) < 4.78 is 5.13. The number of methoxy groups -OCH3 is 1. The lowest BCUT2D eigenvalue weighted by Gasteiger charge is -2.06. The van der Waals surface area contributed by atoms with Gasteiger partial charge in [0, 0.05) is 16.5 Å². The molecule has 0 unspecified atom stereocenters. The van der Waals surface area contributed by atoms with Gasteiger partial charge in [0.1, 0.15) is 5.75 Å². The van der Waals surface area contributed by atoms with Crippen LogP contribution in [0.3, 0.4) is 0 Å². The number of ketones is 1. The molecule has 0 heterocycles. The summed E-state index contributed by atoms with van der Waals surface area (Å²) in [5.41, 5.74) is 0.257. The van der Waals surface area contributed by atoms with Gasteiger partial charge in [-0.3, -0.25) is 14.9 Å². The van der Waals surface area contributed by atoms with Crippen molar-refractivity contribution in [3.8, 4) is 5.75 Å². The van der Waals surface area contributed by atoms with Gasteiger partial charge in [-0.05, 0) is 37.3 Å². The Bertz CT molecular complexity index is 700. The van der Waals surface area contributed by atoms with Crippen LogP contribution in [0.1, 0.15) is 17.3 Å². The van der Waals surface area contributed by atoms with Gasteiger partial charge >= 0.3 is 0 Å². The highest BCUT2D eigenvalue weighted by atomic mass is 32.2. The number of nitrogens with zero attached hydrogens (tertiary/aromatic N) is 1. The van der Waals surface area contributed by atoms with Crippen molar-refractivity contribution in [1.82, 2.24) is 0 Å². The van der Waals surface area contributed by atoms with E-state index in [2.05, 4.69) is 0 Å². The molecule has 0 spiro atoms. The fourth-order valence-corrected chi connectivity index (χ4v) is 2.71. The van der Waals surface area contributed by atoms with Gasteiger partial charge in [0.2, 0.25) is 0 Å². The van der Waals surface area contributed by atoms with Crippen molar-refractivity contribution in [2.24, 2.45) is 0 Å². The van der Waals surface area contributed by atoms with E-state index in [1.54, 1.807) is 31.4 Å². The Kier molecular flexibility index (Phi) is 4.59. The largest absolute Gasteiger partial charge is 0.497 e. The minimum absolute atomic E-state index is 0.0736. The fourth-order valence-electron chi connectivity index (χ4n) is 1.76. The second-order valence-electron chi connectivity index (χ2n) is 4.28. The number of benzene rings is 2. The first-order valence-electron chi connectivity index (χ1n) is 6.12. The highest BCUT2D eigenvalue weighted by molar-refractivity contribution is 7.99. The molecule has 0 aliphatic carbocycles. The van der Waals surface area contributed by atoms with E-state index in [-0.39, 0.29) is 11.5 Å². The van der Waals surface area contributed by atoms with Crippen molar-refractivity contribution in [2.75, 3.05) is 7.11 Å². The summed E-state index contributed by atoms with van der Waals surface area (Å²) in [7, 11) is 1.56. The highest BCUT2D eigenvalue weighted by Crippen LogP contribution is 2.36. The molecule has 0 radical (unpaired) electrons. The minimum Gasteiger partial charge on any atom is -0.497 e. The molecule has 21 heavy (non-hydrogen) atoms. The van der Waals surface area contributed by atoms with Crippen LogP contribution in [0.4, 0.5) is 5.69 Å². The van der Waals surface area contributed by atoms with Crippen LogP contribution in [-0.2, 0) is 0 Å². The standard InChI is InChI=1S/C15H13NO4S/c1-10(17)11-6-7-15(14(8-11)16(18)19)21-13-5-3-4-12(9-13)20-2/h3-9H,1-2H3. The van der Waals surface area contributed by atoms with Crippen molar-refractivity contribution < 1.29 is 14.5 Å². The van der Waals surface area contributed by atoms with Crippen LogP contribution in [0.25, 0.3) is 0 Å². The summed E-state index contributed by atoms with van der Waals surface area (Å²) in [4.78, 5) is 23.3. The van der Waals surface area contributed by atoms with Crippen LogP contribution in [-0.4, -0.2) is 17.8 Å². The molecule has 0 fully saturated rings. The average molecular weight is 303 g/mol. The van der Waals surface area contributed by atoms with Gasteiger partial charge in [0.15, 0.2) is 5.78 Å². The van der Waals surface area contributed by atoms with Crippen LogP contribution in [0.5, 0.6) is 5.75 Å². The predicted octanol–water partition coefficient (Wildman–Crippen LogP) is 3.96. The van der Waals surface area contributed by atoms with Crippen LogP contribution in [0.15, 0.2) is 52.3 Å². The van der Waals surface area contributed by atoms with Gasteiger partial charge in [-0.15, -0.1) is 0 Å². The van der Waals surface area contributed by atoms with Crippen LogP contribution >= 0.6 is 11.8 Å². The lowest BCUT2D eigenvalue weighted by atomic mass is 10.1. The van der Waals surface area contributed by atoms with E-state index in [1.165, 1.54) is 24.8 Å². The van der Waals surface area contributed by atoms with Crippen molar-refractivity contribution in [3.63, 3.8) is 0 Å². The number of ether oxygens (including phenoxy) is 1. The summed E-state index contributed by atoms with van der Waals surface area (Å²) in [6.45, 7) is 1.38. The maximum atomic E-state index is 11.3. The molecule has 0 N–H and O–H groups in total. The molecule has 2 aromatic carbocycles. The number of carbonyl (C=O) groups is 1. The smallest absolute Gasteiger partial charge is 0.283 e. The van der Waals surface area contributed by atoms with E-state index in [4.69, 9.17) is 4.74 Å². The Morgan fingerprint density at radius 2 is 2.00 bits per heavy atom. The van der Waals surface area contributed by atoms with Crippen molar-refractivity contribution in [1.29, 1.82) is 0 Å². The van der Waals surface area contributed by atoms with Crippen molar-refractivity contribution in [2.45, 2.75) is 16.7 Å². The number of hydrogen-bond acceptors (Lipinski definition) is 5. The number of nitro groups is 1. The molecule has 0 aromatic heterocycles. The molecule has 0 aliphatic heterocycles. The third kappa shape index (κ3) is 3.61. The normalized spacial score (nSPS) is 10.2. The molecule has 0 amide bonds. The molecule has 5 nitrogen and oxygen atoms in total. The molecule has 0 saturated heterocycles. The third-order valence-electron chi connectivity index (χ3n) is 2.83. The zero-order valence-electron chi connectivity index (χ0n) is 11.5. The van der Waals surface area contributed by atoms with E-state index in [0.717, 1.165) is 4.90 Å². The number of hydrogen-bond donors (Lipinski definition) is 0. The number of Topliss-reactive ketones (excluding diaryl/α,β-unsaturated/α-hetero) is 1. The number of nitro benzene ring substituents is 1. The summed E-state index contributed by atoms with van der Waals surface area (Å²) >= 11 is 1.26. The first kappa shape index (κ1) is 15.1. The van der Waals surface area contributed by atoms with E-state index in [0.29, 0.717) is 16.2 Å². The Labute approximate surface area is 126 Å². The van der Waals surface area contributed by atoms with Gasteiger partial charge in [-0.2, -0.15) is 0 Å². The van der Waals surface area contributed by atoms with Crippen LogP contribution in [0, 0.1) is 10.1 Å². The second-order valence-corrected chi connectivity index (χ2v) is 5.39. The van der Waals surface area contributed by atoms with Crippen molar-refractivity contribution >= 4 is 23.2 Å². The van der Waals surface area contributed by atoms with E-state index >= 15 is 0 Å². The molecule has 0 aliphatic rings. The summed E-state index contributed by atoms with van der Waals surface area (Å²) in [5.74, 6) is 0.485. The fraction of sp³-hybridized carbons (Fsp3) is 0.133. The van der Waals surface area contributed by atoms with E-state index in [9.17, 15) is 14.9 Å². The first-order chi connectivity index (χ1) is 10.0. The van der Waals surface area contributed by atoms with E-state index in [1.807, 2.05) is 12.1 Å². The van der Waals surface area contributed by atoms with Crippen LogP contribution in [0.2, 0.25) is 0 Å². The molecule has 0 atom stereocenters. The maximum Gasteiger partial charge on any atom is 0.283 e. The lowest BCUT2D eigenvalue weighted by molar-refractivity contribution is -0.387. The van der Waals surface area contributed by atoms with Crippen molar-refractivity contribution in [3.05, 3.63) is 58.1 Å². The summed E-state index contributed by atoms with van der Waals surface area (Å²) in [6.07, 6.45) is 0. The van der Waals surface area contributed by atoms with Crippen LogP contribution < -0.4 is 4.74 Å². The zero-order chi connectivity index (χ0) is 15.4. The molecular formula is C15H13NO4S. The molecular weight excluding hydrogens is 290 g/mol. The number of carbonyl (C=O) groups excluding carboxylic acids is 1. The predicted molar refractivity (Wildman–Crippen MR) is 80.2 cm³/mol. The molecule has 2 aromatic rings. The lowest BCUT2D eigenvalue weighted by Crippen LogP contribution is -1.97. The Balaban J connectivity index is 2.38. The molecule has 2 rings (SSSR count). The Hall–Kier alpha value is -2.34. The Morgan fingerprint density at radius 1 is 1.24 bits per heavy atom. The third-order valence-corrected chi connectivity index (χ3v) is 3.89. The number of rotatable bonds is 5. The van der Waals surface area contributed by atoms with Gasteiger partial charge < -0.3 is 4.74 Å². The topological polar surface area (TPSA) is 69.4 Å². The van der Waals surface area contributed by atoms with Gasteiger partial charge in [-0.25, -0.2) is 0 Å². The maximum absolute atomic E-state index is 11.3. The molecule has 108 valence electrons. The first-order valence-corrected chi connectivity index (χ1v) is 6.94. The average Bonchev–Trinajstić information content (AvgIpc) is 2.47. The van der Waals surface area contributed by atoms with Gasteiger partial charge in [0.05, 0.1) is 16.9 Å². The quantitative estimate of drug-likeness (QED) is 0.475. The van der Waals surface area contributed by atoms with Gasteiger partial charge in [0.25, 0.3) is 5.69 Å². The molecule has 6 heteroatoms. The second kappa shape index (κ2) is 6.41. The molecule has 0 bridgehead atoms. The summed E-state index contributed by atoms with van der Waals surface area (Å²) in [5, 5.41) is 11.2. The van der Waals surface area contributed by atoms with E-state index < -0.39 is 4.92 Å². The minimum atomic E-state index is -0.477. The SMILES string of the molecule is COc1cccc(Sc2ccc(C(C)=O)cc2[N+](=O)[O-])c1. The molecule has 0 saturated carbocycles. The zero-order valence-corrected chi connectivity index (χ0v) is 12.3. The highest BCUT2D eigenvalue weighted by Gasteiger charge is 2.17. The summed E-state index contributed by atoms with van der Waals surface area (Å²) in [6, 6.07) is 11.8. The monoisotopic (exact) mass is 303 g/mol. The van der Waals surface area contributed by atoms with Gasteiger partial charge in [-0.1, -0.05) is 17.8 Å².